The lowest BCUT2D eigenvalue weighted by atomic mass is 10.2. The van der Waals surface area contributed by atoms with E-state index in [1.165, 1.54) is 7.05 Å². The molecule has 1 aromatic carbocycles. The molecule has 0 saturated heterocycles. The molecule has 160 valence electrons. The summed E-state index contributed by atoms with van der Waals surface area (Å²) < 4.78 is 11.3. The van der Waals surface area contributed by atoms with E-state index < -0.39 is 51.7 Å². The molecule has 0 fully saturated rings. The number of nitrogens with two attached hydrogens (primary N) is 1. The first kappa shape index (κ1) is 21.2. The summed E-state index contributed by atoms with van der Waals surface area (Å²) >= 11 is 0. The van der Waals surface area contributed by atoms with Crippen LogP contribution in [0.2, 0.25) is 0 Å². The van der Waals surface area contributed by atoms with Gasteiger partial charge >= 0.3 is 17.5 Å². The zero-order chi connectivity index (χ0) is 22.7. The summed E-state index contributed by atoms with van der Waals surface area (Å²) in [6.07, 6.45) is 0. The fourth-order valence-electron chi connectivity index (χ4n) is 2.77. The third-order valence-corrected chi connectivity index (χ3v) is 4.35. The molecule has 2 aromatic heterocycles. The lowest BCUT2D eigenvalue weighted by Gasteiger charge is -2.14. The Kier molecular flexibility index (Phi) is 5.81. The van der Waals surface area contributed by atoms with E-state index in [4.69, 9.17) is 14.9 Å². The van der Waals surface area contributed by atoms with Gasteiger partial charge in [-0.15, -0.1) is 0 Å². The van der Waals surface area contributed by atoms with Crippen molar-refractivity contribution in [3.05, 3.63) is 90.3 Å². The summed E-state index contributed by atoms with van der Waals surface area (Å²) in [5.41, 5.74) is 4.48. The third-order valence-electron chi connectivity index (χ3n) is 4.35. The average molecular weight is 428 g/mol. The molecule has 0 saturated carbocycles. The number of Topliss-reactive ketones (excluding diaryl/α,β-unsaturated/α-hetero) is 1. The Labute approximate surface area is 173 Å². The topological polar surface area (TPSA) is 170 Å². The molecule has 0 amide bonds. The van der Waals surface area contributed by atoms with Gasteiger partial charge in [0.15, 0.2) is 6.61 Å². The second kappa shape index (κ2) is 8.49. The minimum atomic E-state index is -1.14. The van der Waals surface area contributed by atoms with Crippen LogP contribution in [0.4, 0.5) is 11.7 Å². The highest BCUT2D eigenvalue weighted by Crippen LogP contribution is 2.16. The van der Waals surface area contributed by atoms with E-state index in [1.54, 1.807) is 30.3 Å². The molecular weight excluding hydrogens is 412 g/mol. The van der Waals surface area contributed by atoms with E-state index in [-0.39, 0.29) is 12.4 Å². The number of ether oxygens (including phenoxy) is 1. The zero-order valence-corrected chi connectivity index (χ0v) is 16.1. The van der Waals surface area contributed by atoms with Crippen LogP contribution in [0.25, 0.3) is 0 Å². The molecule has 0 aliphatic heterocycles. The molecular formula is C19H16N4O8. The van der Waals surface area contributed by atoms with Crippen molar-refractivity contribution in [3.8, 4) is 0 Å². The van der Waals surface area contributed by atoms with Gasteiger partial charge in [0.2, 0.25) is 11.5 Å². The summed E-state index contributed by atoms with van der Waals surface area (Å²) in [4.78, 5) is 59.2. The van der Waals surface area contributed by atoms with Gasteiger partial charge in [0.1, 0.15) is 16.3 Å². The minimum absolute atomic E-state index is 0.00968. The van der Waals surface area contributed by atoms with Crippen molar-refractivity contribution in [2.45, 2.75) is 6.54 Å². The van der Waals surface area contributed by atoms with Gasteiger partial charge in [-0.25, -0.2) is 9.59 Å². The van der Waals surface area contributed by atoms with Crippen molar-refractivity contribution in [1.29, 1.82) is 0 Å². The first-order chi connectivity index (χ1) is 14.7. The number of aromatic nitrogens is 2. The Morgan fingerprint density at radius 2 is 1.84 bits per heavy atom. The van der Waals surface area contributed by atoms with Crippen LogP contribution in [-0.2, 0) is 18.3 Å². The smallest absolute Gasteiger partial charge is 0.433 e. The molecule has 0 aliphatic carbocycles. The van der Waals surface area contributed by atoms with Crippen LogP contribution in [0.3, 0.4) is 0 Å². The first-order valence-corrected chi connectivity index (χ1v) is 8.78. The quantitative estimate of drug-likeness (QED) is 0.246. The van der Waals surface area contributed by atoms with Crippen LogP contribution in [-0.4, -0.2) is 32.4 Å². The highest BCUT2D eigenvalue weighted by molar-refractivity contribution is 6.02. The second-order valence-electron chi connectivity index (χ2n) is 6.37. The standard InChI is InChI=1S/C19H16N4O8/c1-21-17(25)15(16(20)22(19(21)27)9-11-5-3-2-4-6-11)12(24)10-30-18(26)13-7-8-14(31-13)23(28)29/h2-8H,9-10,20H2,1H3. The maximum Gasteiger partial charge on any atom is 0.433 e. The van der Waals surface area contributed by atoms with Crippen LogP contribution < -0.4 is 17.0 Å². The van der Waals surface area contributed by atoms with Gasteiger partial charge < -0.3 is 14.9 Å². The summed E-state index contributed by atoms with van der Waals surface area (Å²) in [6.45, 7) is -0.883. The molecule has 12 nitrogen and oxygen atoms in total. The van der Waals surface area contributed by atoms with Crippen molar-refractivity contribution in [2.75, 3.05) is 12.3 Å². The number of hydrogen-bond donors (Lipinski definition) is 1. The van der Waals surface area contributed by atoms with Gasteiger partial charge in [-0.2, -0.15) is 0 Å². The van der Waals surface area contributed by atoms with E-state index in [2.05, 4.69) is 0 Å². The van der Waals surface area contributed by atoms with Crippen LogP contribution in [0, 0.1) is 10.1 Å². The summed E-state index contributed by atoms with van der Waals surface area (Å²) in [5, 5.41) is 10.6. The number of esters is 1. The van der Waals surface area contributed by atoms with Crippen molar-refractivity contribution in [2.24, 2.45) is 7.05 Å². The number of furan rings is 1. The molecule has 0 radical (unpaired) electrons. The summed E-state index contributed by atoms with van der Waals surface area (Å²) in [6, 6.07) is 10.7. The van der Waals surface area contributed by atoms with Crippen molar-refractivity contribution in [1.82, 2.24) is 9.13 Å². The Morgan fingerprint density at radius 1 is 1.16 bits per heavy atom. The predicted molar refractivity (Wildman–Crippen MR) is 106 cm³/mol. The number of nitro groups is 1. The monoisotopic (exact) mass is 428 g/mol. The number of rotatable bonds is 7. The van der Waals surface area contributed by atoms with E-state index in [0.29, 0.717) is 5.56 Å². The summed E-state index contributed by atoms with van der Waals surface area (Å²) in [7, 11) is 1.19. The Bertz CT molecular complexity index is 1290. The fraction of sp³-hybridized carbons (Fsp3) is 0.158. The van der Waals surface area contributed by atoms with Crippen LogP contribution in [0.5, 0.6) is 0 Å². The molecule has 3 aromatic rings. The van der Waals surface area contributed by atoms with E-state index in [0.717, 1.165) is 21.3 Å². The predicted octanol–water partition coefficient (Wildman–Crippen LogP) is 0.718. The van der Waals surface area contributed by atoms with Gasteiger partial charge in [-0.1, -0.05) is 30.3 Å². The molecule has 0 spiro atoms. The summed E-state index contributed by atoms with van der Waals surface area (Å²) in [5.74, 6) is -3.63. The zero-order valence-electron chi connectivity index (χ0n) is 16.1. The van der Waals surface area contributed by atoms with Gasteiger partial charge in [0.25, 0.3) is 5.56 Å². The Morgan fingerprint density at radius 3 is 2.45 bits per heavy atom. The molecule has 2 N–H and O–H groups in total. The largest absolute Gasteiger partial charge is 0.451 e. The number of nitrogens with zero attached hydrogens (tertiary/aromatic N) is 3. The highest BCUT2D eigenvalue weighted by Gasteiger charge is 2.24. The number of nitrogen functional groups attached to an aromatic ring is 1. The number of carbonyl (C=O) groups excluding carboxylic acids is 2. The second-order valence-corrected chi connectivity index (χ2v) is 6.37. The number of benzene rings is 1. The molecule has 0 bridgehead atoms. The Balaban J connectivity index is 1.86. The maximum absolute atomic E-state index is 12.6. The highest BCUT2D eigenvalue weighted by atomic mass is 16.7. The minimum Gasteiger partial charge on any atom is -0.451 e. The van der Waals surface area contributed by atoms with Gasteiger partial charge in [-0.3, -0.25) is 28.8 Å². The van der Waals surface area contributed by atoms with E-state index in [9.17, 15) is 29.3 Å². The SMILES string of the molecule is Cn1c(=O)c(C(=O)COC(=O)c2ccc([N+](=O)[O-])o2)c(N)n(Cc2ccccc2)c1=O. The molecule has 2 heterocycles. The lowest BCUT2D eigenvalue weighted by molar-refractivity contribution is -0.402. The number of anilines is 1. The van der Waals surface area contributed by atoms with Crippen LogP contribution in [0.15, 0.2) is 56.5 Å². The van der Waals surface area contributed by atoms with Crippen molar-refractivity contribution >= 4 is 23.5 Å². The van der Waals surface area contributed by atoms with Gasteiger partial charge in [0, 0.05) is 7.05 Å². The number of ketones is 1. The first-order valence-electron chi connectivity index (χ1n) is 8.78. The molecule has 0 unspecified atom stereocenters. The van der Waals surface area contributed by atoms with Crippen LogP contribution in [0.1, 0.15) is 26.5 Å². The van der Waals surface area contributed by atoms with Gasteiger partial charge in [0.05, 0.1) is 12.6 Å². The molecule has 0 atom stereocenters. The fourth-order valence-corrected chi connectivity index (χ4v) is 2.77. The van der Waals surface area contributed by atoms with E-state index in [1.807, 2.05) is 0 Å². The molecule has 31 heavy (non-hydrogen) atoms. The molecule has 0 aliphatic rings. The number of carbonyl (C=O) groups is 2. The molecule has 3 rings (SSSR count). The lowest BCUT2D eigenvalue weighted by Crippen LogP contribution is -2.43. The third kappa shape index (κ3) is 4.27. The maximum atomic E-state index is 12.6. The van der Waals surface area contributed by atoms with Crippen LogP contribution >= 0.6 is 0 Å². The van der Waals surface area contributed by atoms with Crippen molar-refractivity contribution in [3.63, 3.8) is 0 Å². The Hall–Kier alpha value is -4.48. The van der Waals surface area contributed by atoms with Gasteiger partial charge in [-0.05, 0) is 11.6 Å². The normalized spacial score (nSPS) is 10.6. The van der Waals surface area contributed by atoms with E-state index >= 15 is 0 Å². The number of hydrogen-bond acceptors (Lipinski definition) is 9. The molecule has 12 heteroatoms. The average Bonchev–Trinajstić information content (AvgIpc) is 3.25. The van der Waals surface area contributed by atoms with Crippen molar-refractivity contribution < 1.29 is 23.7 Å².